The molecular formula is C26H44N2O6. The average molecular weight is 481 g/mol. The van der Waals surface area contributed by atoms with Crippen LogP contribution in [0.15, 0.2) is 28.8 Å². The Hall–Kier alpha value is -2.32. The molecule has 0 aliphatic rings. The van der Waals surface area contributed by atoms with Gasteiger partial charge < -0.3 is 21.1 Å². The molecule has 0 aromatic carbocycles. The molecule has 8 heteroatoms. The maximum atomic E-state index is 12.4. The Morgan fingerprint density at radius 1 is 0.971 bits per heavy atom. The van der Waals surface area contributed by atoms with Gasteiger partial charge in [0.25, 0.3) is 0 Å². The van der Waals surface area contributed by atoms with E-state index in [4.69, 9.17) is 15.9 Å². The zero-order valence-corrected chi connectivity index (χ0v) is 20.8. The molecule has 0 radical (unpaired) electrons. The minimum Gasteiger partial charge on any atom is -0.481 e. The Bertz CT molecular complexity index is 687. The molecule has 3 atom stereocenters. The highest BCUT2D eigenvalue weighted by Gasteiger charge is 2.17. The summed E-state index contributed by atoms with van der Waals surface area (Å²) in [7, 11) is 0. The van der Waals surface area contributed by atoms with Crippen molar-refractivity contribution >= 4 is 23.9 Å². The summed E-state index contributed by atoms with van der Waals surface area (Å²) < 4.78 is 0. The number of nitrogens with zero attached hydrogens (tertiary/aromatic N) is 1. The first-order chi connectivity index (χ1) is 16.2. The number of carbonyl (C=O) groups excluding carboxylic acids is 1. The second kappa shape index (κ2) is 20.1. The van der Waals surface area contributed by atoms with Crippen LogP contribution in [0.3, 0.4) is 0 Å². The molecule has 0 rings (SSSR count). The number of carbonyl (C=O) groups is 3. The van der Waals surface area contributed by atoms with Crippen LogP contribution in [0.1, 0.15) is 90.9 Å². The van der Waals surface area contributed by atoms with E-state index in [-0.39, 0.29) is 18.1 Å². The zero-order chi connectivity index (χ0) is 25.8. The van der Waals surface area contributed by atoms with Gasteiger partial charge >= 0.3 is 11.9 Å². The number of hydrogen-bond acceptors (Lipinski definition) is 6. The summed E-state index contributed by atoms with van der Waals surface area (Å²) in [5.74, 6) is -2.21. The molecule has 8 nitrogen and oxygen atoms in total. The first-order valence-electron chi connectivity index (χ1n) is 12.4. The number of rotatable bonds is 21. The SMILES string of the molecule is CCCCCC(O)C/C=C(/C=NCCCCC(N)C(=O)O)C(C/C=C\CCCC(=O)O)C(C)=O. The van der Waals surface area contributed by atoms with Crippen LogP contribution in [0.5, 0.6) is 0 Å². The van der Waals surface area contributed by atoms with Gasteiger partial charge in [-0.25, -0.2) is 0 Å². The molecule has 0 fully saturated rings. The third kappa shape index (κ3) is 17.2. The highest BCUT2D eigenvalue weighted by molar-refractivity contribution is 5.92. The molecule has 0 aromatic heterocycles. The van der Waals surface area contributed by atoms with E-state index in [2.05, 4.69) is 11.9 Å². The first-order valence-corrected chi connectivity index (χ1v) is 12.4. The summed E-state index contributed by atoms with van der Waals surface area (Å²) in [6.07, 6.45) is 14.7. The van der Waals surface area contributed by atoms with Crippen molar-refractivity contribution in [3.05, 3.63) is 23.8 Å². The lowest BCUT2D eigenvalue weighted by atomic mass is 9.90. The molecule has 34 heavy (non-hydrogen) atoms. The summed E-state index contributed by atoms with van der Waals surface area (Å²) in [5.41, 5.74) is 6.28. The molecule has 0 saturated heterocycles. The number of aliphatic hydroxyl groups excluding tert-OH is 1. The molecule has 0 spiro atoms. The van der Waals surface area contributed by atoms with Gasteiger partial charge in [0.2, 0.25) is 0 Å². The van der Waals surface area contributed by atoms with Crippen molar-refractivity contribution in [2.24, 2.45) is 16.6 Å². The molecule has 0 bridgehead atoms. The fraction of sp³-hybridized carbons (Fsp3) is 0.692. The van der Waals surface area contributed by atoms with Crippen LogP contribution in [0.4, 0.5) is 0 Å². The van der Waals surface area contributed by atoms with Crippen molar-refractivity contribution in [1.82, 2.24) is 0 Å². The molecule has 0 heterocycles. The monoisotopic (exact) mass is 480 g/mol. The van der Waals surface area contributed by atoms with Crippen LogP contribution < -0.4 is 5.73 Å². The number of hydrogen-bond donors (Lipinski definition) is 4. The molecule has 0 amide bonds. The van der Waals surface area contributed by atoms with Crippen molar-refractivity contribution < 1.29 is 29.7 Å². The van der Waals surface area contributed by atoms with Gasteiger partial charge in [-0.15, -0.1) is 0 Å². The first kappa shape index (κ1) is 31.7. The standard InChI is InChI=1S/C26H44N2O6/c1-3-4-7-12-22(30)17-16-21(19-28-18-11-10-14-24(27)26(33)34)23(20(2)29)13-8-5-6-9-15-25(31)32/h5,8,16,19,22-24,30H,3-4,6-7,9-15,17-18,27H2,1-2H3,(H,31,32)(H,33,34)/b8-5-,21-16-,28-19?. The molecule has 0 aliphatic heterocycles. The number of aliphatic imine (C=N–C) groups is 1. The van der Waals surface area contributed by atoms with E-state index in [1.54, 1.807) is 6.21 Å². The summed E-state index contributed by atoms with van der Waals surface area (Å²) in [6.45, 7) is 4.15. The molecule has 194 valence electrons. The van der Waals surface area contributed by atoms with Crippen molar-refractivity contribution in [1.29, 1.82) is 0 Å². The van der Waals surface area contributed by atoms with Gasteiger partial charge in [0, 0.05) is 25.1 Å². The van der Waals surface area contributed by atoms with E-state index in [0.29, 0.717) is 57.9 Å². The zero-order valence-electron chi connectivity index (χ0n) is 20.8. The van der Waals surface area contributed by atoms with Crippen molar-refractivity contribution in [3.8, 4) is 0 Å². The summed E-state index contributed by atoms with van der Waals surface area (Å²) >= 11 is 0. The Morgan fingerprint density at radius 3 is 2.29 bits per heavy atom. The Balaban J connectivity index is 5.08. The smallest absolute Gasteiger partial charge is 0.320 e. The summed E-state index contributed by atoms with van der Waals surface area (Å²) in [4.78, 5) is 38.2. The van der Waals surface area contributed by atoms with Gasteiger partial charge in [-0.2, -0.15) is 0 Å². The molecule has 0 aliphatic carbocycles. The number of ketones is 1. The number of allylic oxidation sites excluding steroid dienone is 3. The van der Waals surface area contributed by atoms with E-state index < -0.39 is 24.1 Å². The molecule has 0 aromatic rings. The fourth-order valence-electron chi connectivity index (χ4n) is 3.42. The van der Waals surface area contributed by atoms with Gasteiger partial charge in [0.1, 0.15) is 11.8 Å². The highest BCUT2D eigenvalue weighted by atomic mass is 16.4. The Morgan fingerprint density at radius 2 is 1.68 bits per heavy atom. The van der Waals surface area contributed by atoms with E-state index in [0.717, 1.165) is 24.8 Å². The predicted octanol–water partition coefficient (Wildman–Crippen LogP) is 4.30. The summed E-state index contributed by atoms with van der Waals surface area (Å²) in [5, 5.41) is 27.9. The highest BCUT2D eigenvalue weighted by Crippen LogP contribution is 2.19. The van der Waals surface area contributed by atoms with Gasteiger partial charge in [-0.1, -0.05) is 44.4 Å². The number of unbranched alkanes of at least 4 members (excludes halogenated alkanes) is 4. The second-order valence-corrected chi connectivity index (χ2v) is 8.72. The van der Waals surface area contributed by atoms with Crippen LogP contribution in [0.25, 0.3) is 0 Å². The topological polar surface area (TPSA) is 150 Å². The van der Waals surface area contributed by atoms with Crippen LogP contribution in [0, 0.1) is 5.92 Å². The van der Waals surface area contributed by atoms with Gasteiger partial charge in [-0.05, 0) is 63.9 Å². The third-order valence-electron chi connectivity index (χ3n) is 5.57. The summed E-state index contributed by atoms with van der Waals surface area (Å²) in [6, 6.07) is -0.863. The maximum absolute atomic E-state index is 12.4. The number of carboxylic acid groups (broad SMARTS) is 2. The van der Waals surface area contributed by atoms with Gasteiger partial charge in [0.15, 0.2) is 0 Å². The van der Waals surface area contributed by atoms with E-state index in [9.17, 15) is 19.5 Å². The minimum atomic E-state index is -1.01. The lowest BCUT2D eigenvalue weighted by molar-refractivity contribution is -0.139. The Kier molecular flexibility index (Phi) is 18.7. The predicted molar refractivity (Wildman–Crippen MR) is 135 cm³/mol. The largest absolute Gasteiger partial charge is 0.481 e. The van der Waals surface area contributed by atoms with E-state index in [1.807, 2.05) is 18.2 Å². The van der Waals surface area contributed by atoms with Crippen LogP contribution in [0.2, 0.25) is 0 Å². The number of Topliss-reactive ketones (excluding diaryl/α,β-unsaturated/α-hetero) is 1. The second-order valence-electron chi connectivity index (χ2n) is 8.72. The lowest BCUT2D eigenvalue weighted by Gasteiger charge is -2.15. The number of nitrogens with two attached hydrogens (primary N) is 1. The number of aliphatic hydroxyl groups is 1. The van der Waals surface area contributed by atoms with Crippen molar-refractivity contribution in [3.63, 3.8) is 0 Å². The Labute approximate surface area is 204 Å². The molecule has 3 unspecified atom stereocenters. The molecular weight excluding hydrogens is 436 g/mol. The van der Waals surface area contributed by atoms with Crippen LogP contribution >= 0.6 is 0 Å². The maximum Gasteiger partial charge on any atom is 0.320 e. The number of aliphatic carboxylic acids is 2. The normalized spacial score (nSPS) is 15.0. The van der Waals surface area contributed by atoms with Gasteiger partial charge in [-0.3, -0.25) is 19.4 Å². The van der Waals surface area contributed by atoms with Crippen molar-refractivity contribution in [2.45, 2.75) is 103 Å². The molecule has 5 N–H and O–H groups in total. The lowest BCUT2D eigenvalue weighted by Crippen LogP contribution is -2.29. The van der Waals surface area contributed by atoms with Crippen LogP contribution in [-0.4, -0.2) is 57.9 Å². The number of carboxylic acids is 2. The van der Waals surface area contributed by atoms with E-state index in [1.165, 1.54) is 6.92 Å². The fourth-order valence-corrected chi connectivity index (χ4v) is 3.42. The van der Waals surface area contributed by atoms with Crippen molar-refractivity contribution in [2.75, 3.05) is 6.54 Å². The third-order valence-corrected chi connectivity index (χ3v) is 5.57. The minimum absolute atomic E-state index is 0.000732. The molecule has 0 saturated carbocycles. The van der Waals surface area contributed by atoms with Crippen LogP contribution in [-0.2, 0) is 14.4 Å². The quantitative estimate of drug-likeness (QED) is 0.109. The van der Waals surface area contributed by atoms with E-state index >= 15 is 0 Å². The average Bonchev–Trinajstić information content (AvgIpc) is 2.77. The van der Waals surface area contributed by atoms with Gasteiger partial charge in [0.05, 0.1) is 6.10 Å².